The van der Waals surface area contributed by atoms with E-state index in [9.17, 15) is 4.79 Å². The van der Waals surface area contributed by atoms with Gasteiger partial charge >= 0.3 is 6.03 Å². The first-order chi connectivity index (χ1) is 17.5. The number of aromatic nitrogens is 2. The Morgan fingerprint density at radius 2 is 2.14 bits per heavy atom. The predicted octanol–water partition coefficient (Wildman–Crippen LogP) is 3.30. The molecule has 11 heteroatoms. The number of nitrogens with one attached hydrogen (secondary N) is 3. The van der Waals surface area contributed by atoms with E-state index in [1.807, 2.05) is 6.92 Å². The van der Waals surface area contributed by atoms with Crippen LogP contribution in [0, 0.1) is 18.7 Å². The maximum Gasteiger partial charge on any atom is 0.320 e. The summed E-state index contributed by atoms with van der Waals surface area (Å²) < 4.78 is 31.8. The number of ether oxygens (including phenoxy) is 3. The molecule has 0 aliphatic carbocycles. The molecule has 0 bridgehead atoms. The normalized spacial score (nSPS) is 19.2. The van der Waals surface area contributed by atoms with Crippen molar-refractivity contribution in [2.75, 3.05) is 56.4 Å². The third kappa shape index (κ3) is 4.59. The van der Waals surface area contributed by atoms with Crippen molar-refractivity contribution in [2.45, 2.75) is 19.4 Å². The molecule has 1 fully saturated rings. The average molecular weight is 497 g/mol. The predicted molar refractivity (Wildman–Crippen MR) is 135 cm³/mol. The summed E-state index contributed by atoms with van der Waals surface area (Å²) in [5.41, 5.74) is 8.61. The Hall–Kier alpha value is -3.70. The number of methoxy groups -OCH3 is 1. The lowest BCUT2D eigenvalue weighted by Gasteiger charge is -2.30. The van der Waals surface area contributed by atoms with E-state index in [-0.39, 0.29) is 23.7 Å². The summed E-state index contributed by atoms with van der Waals surface area (Å²) in [4.78, 5) is 21.1. The van der Waals surface area contributed by atoms with Gasteiger partial charge in [-0.05, 0) is 36.4 Å². The second kappa shape index (κ2) is 10.1. The van der Waals surface area contributed by atoms with Crippen LogP contribution in [-0.2, 0) is 9.47 Å². The maximum atomic E-state index is 15.3. The Morgan fingerprint density at radius 3 is 2.97 bits per heavy atom. The van der Waals surface area contributed by atoms with Gasteiger partial charge in [0.05, 0.1) is 18.4 Å². The molecule has 1 saturated heterocycles. The standard InChI is InChI=1S/C25H29FN6O4/c1-13-17(10-30-24-23(13)28-4-6-36-24)16-7-15-8-20(29-11-18(15)22(27)21(16)26)32-25(33)31-9-14-3-5-35-12-19(14)34-2/h7-8,10-11,14,19,28H,3-6,9,12,27H2,1-2H3,(H2,29,31,32,33)/t14-,19-/m1/s1. The summed E-state index contributed by atoms with van der Waals surface area (Å²) in [6, 6.07) is 2.97. The van der Waals surface area contributed by atoms with Crippen LogP contribution >= 0.6 is 0 Å². The number of anilines is 3. The third-order valence-corrected chi connectivity index (χ3v) is 6.75. The number of benzene rings is 1. The molecule has 5 rings (SSSR count). The molecule has 0 unspecified atom stereocenters. The Kier molecular flexibility index (Phi) is 6.75. The fourth-order valence-electron chi connectivity index (χ4n) is 4.69. The lowest BCUT2D eigenvalue weighted by Crippen LogP contribution is -2.42. The molecule has 2 atom stereocenters. The molecule has 0 saturated carbocycles. The molecule has 3 aromatic rings. The number of rotatable bonds is 5. The summed E-state index contributed by atoms with van der Waals surface area (Å²) in [5, 5.41) is 9.97. The SMILES string of the molecule is CO[C@@H]1COCC[C@@H]1CNC(=O)Nc1cc2cc(-c3cnc4c(c3C)NCCO4)c(F)c(N)c2cn1. The number of hydrogen-bond acceptors (Lipinski definition) is 8. The number of hydrogen-bond donors (Lipinski definition) is 4. The van der Waals surface area contributed by atoms with Crippen molar-refractivity contribution in [3.63, 3.8) is 0 Å². The first-order valence-corrected chi connectivity index (χ1v) is 11.9. The van der Waals surface area contributed by atoms with E-state index in [1.54, 1.807) is 25.4 Å². The molecule has 10 nitrogen and oxygen atoms in total. The number of fused-ring (bicyclic) bond motifs is 2. The van der Waals surface area contributed by atoms with Crippen LogP contribution in [0.4, 0.5) is 26.4 Å². The van der Waals surface area contributed by atoms with Gasteiger partial charge in [0.15, 0.2) is 5.82 Å². The number of urea groups is 1. The number of pyridine rings is 2. The minimum atomic E-state index is -0.548. The lowest BCUT2D eigenvalue weighted by atomic mass is 9.97. The van der Waals surface area contributed by atoms with E-state index in [0.29, 0.717) is 66.5 Å². The molecule has 2 amide bonds. The smallest absolute Gasteiger partial charge is 0.320 e. The Morgan fingerprint density at radius 1 is 1.28 bits per heavy atom. The summed E-state index contributed by atoms with van der Waals surface area (Å²) in [6.45, 7) is 4.65. The van der Waals surface area contributed by atoms with Crippen molar-refractivity contribution < 1.29 is 23.4 Å². The van der Waals surface area contributed by atoms with E-state index >= 15 is 4.39 Å². The number of carbonyl (C=O) groups excluding carboxylic acids is 1. The molecular formula is C25H29FN6O4. The van der Waals surface area contributed by atoms with Crippen LogP contribution in [0.15, 0.2) is 24.5 Å². The van der Waals surface area contributed by atoms with Gasteiger partial charge in [-0.2, -0.15) is 0 Å². The van der Waals surface area contributed by atoms with Crippen molar-refractivity contribution in [3.8, 4) is 17.0 Å². The molecule has 2 aromatic heterocycles. The van der Waals surface area contributed by atoms with Gasteiger partial charge < -0.3 is 30.6 Å². The van der Waals surface area contributed by atoms with Crippen molar-refractivity contribution in [2.24, 2.45) is 5.92 Å². The molecule has 0 radical (unpaired) electrons. The minimum absolute atomic E-state index is 0.0162. The van der Waals surface area contributed by atoms with Gasteiger partial charge in [0, 0.05) is 61.6 Å². The second-order valence-corrected chi connectivity index (χ2v) is 8.93. The monoisotopic (exact) mass is 496 g/mol. The first-order valence-electron chi connectivity index (χ1n) is 11.9. The highest BCUT2D eigenvalue weighted by Gasteiger charge is 2.26. The second-order valence-electron chi connectivity index (χ2n) is 8.93. The Bertz CT molecular complexity index is 1300. The molecule has 190 valence electrons. The number of nitrogens with two attached hydrogens (primary N) is 1. The first kappa shape index (κ1) is 24.0. The largest absolute Gasteiger partial charge is 0.474 e. The summed E-state index contributed by atoms with van der Waals surface area (Å²) in [5.74, 6) is 0.435. The Balaban J connectivity index is 1.38. The van der Waals surface area contributed by atoms with Crippen molar-refractivity contribution in [1.29, 1.82) is 0 Å². The van der Waals surface area contributed by atoms with Gasteiger partial charge in [-0.15, -0.1) is 0 Å². The quantitative estimate of drug-likeness (QED) is 0.396. The van der Waals surface area contributed by atoms with Crippen LogP contribution in [0.25, 0.3) is 21.9 Å². The fourth-order valence-corrected chi connectivity index (χ4v) is 4.69. The number of carbonyl (C=O) groups is 1. The maximum absolute atomic E-state index is 15.3. The van der Waals surface area contributed by atoms with Crippen LogP contribution in [0.2, 0.25) is 0 Å². The van der Waals surface area contributed by atoms with Crippen molar-refractivity contribution in [3.05, 3.63) is 35.9 Å². The summed E-state index contributed by atoms with van der Waals surface area (Å²) in [6.07, 6.45) is 3.79. The molecule has 1 aromatic carbocycles. The van der Waals surface area contributed by atoms with E-state index in [4.69, 9.17) is 19.9 Å². The molecule has 0 spiro atoms. The molecule has 4 heterocycles. The Labute approximate surface area is 207 Å². The molecule has 2 aliphatic heterocycles. The zero-order valence-electron chi connectivity index (χ0n) is 20.2. The minimum Gasteiger partial charge on any atom is -0.474 e. The number of amides is 2. The number of nitrogen functional groups attached to an aromatic ring is 1. The van der Waals surface area contributed by atoms with Crippen LogP contribution in [0.5, 0.6) is 5.88 Å². The topological polar surface area (TPSA) is 133 Å². The van der Waals surface area contributed by atoms with Gasteiger partial charge in [-0.25, -0.2) is 19.2 Å². The van der Waals surface area contributed by atoms with Crippen LogP contribution in [0.1, 0.15) is 12.0 Å². The zero-order chi connectivity index (χ0) is 25.2. The molecule has 36 heavy (non-hydrogen) atoms. The summed E-state index contributed by atoms with van der Waals surface area (Å²) >= 11 is 0. The third-order valence-electron chi connectivity index (χ3n) is 6.75. The van der Waals surface area contributed by atoms with Crippen LogP contribution in [-0.4, -0.2) is 62.1 Å². The van der Waals surface area contributed by atoms with Gasteiger partial charge in [0.2, 0.25) is 5.88 Å². The highest BCUT2D eigenvalue weighted by molar-refractivity contribution is 6.00. The fraction of sp³-hybridized carbons (Fsp3) is 0.400. The average Bonchev–Trinajstić information content (AvgIpc) is 2.90. The van der Waals surface area contributed by atoms with E-state index in [2.05, 4.69) is 25.9 Å². The zero-order valence-corrected chi connectivity index (χ0v) is 20.2. The van der Waals surface area contributed by atoms with Crippen molar-refractivity contribution >= 4 is 34.0 Å². The summed E-state index contributed by atoms with van der Waals surface area (Å²) in [7, 11) is 1.64. The van der Waals surface area contributed by atoms with Crippen molar-refractivity contribution in [1.82, 2.24) is 15.3 Å². The molecule has 5 N–H and O–H groups in total. The van der Waals surface area contributed by atoms with Gasteiger partial charge in [-0.3, -0.25) is 5.32 Å². The van der Waals surface area contributed by atoms with Gasteiger partial charge in [0.1, 0.15) is 18.1 Å². The van der Waals surface area contributed by atoms with E-state index in [0.717, 1.165) is 17.7 Å². The van der Waals surface area contributed by atoms with E-state index < -0.39 is 5.82 Å². The van der Waals surface area contributed by atoms with Gasteiger partial charge in [0.25, 0.3) is 0 Å². The van der Waals surface area contributed by atoms with Crippen LogP contribution < -0.4 is 26.4 Å². The number of nitrogens with zero attached hydrogens (tertiary/aromatic N) is 2. The van der Waals surface area contributed by atoms with E-state index in [1.165, 1.54) is 6.20 Å². The molecular weight excluding hydrogens is 467 g/mol. The lowest BCUT2D eigenvalue weighted by molar-refractivity contribution is -0.0638. The molecule has 2 aliphatic rings. The highest BCUT2D eigenvalue weighted by Crippen LogP contribution is 2.39. The van der Waals surface area contributed by atoms with Crippen LogP contribution in [0.3, 0.4) is 0 Å². The van der Waals surface area contributed by atoms with Gasteiger partial charge in [-0.1, -0.05) is 0 Å². The number of halogens is 1. The highest BCUT2D eigenvalue weighted by atomic mass is 19.1.